The van der Waals surface area contributed by atoms with Crippen molar-refractivity contribution in [2.75, 3.05) is 0 Å². The van der Waals surface area contributed by atoms with Gasteiger partial charge in [-0.1, -0.05) is 42.5 Å². The van der Waals surface area contributed by atoms with Crippen LogP contribution in [0, 0.1) is 11.3 Å². The molecule has 0 saturated carbocycles. The van der Waals surface area contributed by atoms with Gasteiger partial charge in [0.15, 0.2) is 0 Å². The quantitative estimate of drug-likeness (QED) is 0.720. The van der Waals surface area contributed by atoms with E-state index in [0.29, 0.717) is 10.6 Å². The van der Waals surface area contributed by atoms with Crippen molar-refractivity contribution in [1.82, 2.24) is 4.98 Å². The fourth-order valence-corrected chi connectivity index (χ4v) is 2.81. The van der Waals surface area contributed by atoms with E-state index in [9.17, 15) is 10.4 Å². The molecule has 0 unspecified atom stereocenters. The summed E-state index contributed by atoms with van der Waals surface area (Å²) in [6.45, 7) is 0. The zero-order chi connectivity index (χ0) is 15.4. The van der Waals surface area contributed by atoms with E-state index in [1.165, 1.54) is 11.3 Å². The molecule has 0 amide bonds. The minimum atomic E-state index is 0.205. The van der Waals surface area contributed by atoms with Gasteiger partial charge in [-0.2, -0.15) is 5.26 Å². The van der Waals surface area contributed by atoms with Crippen molar-refractivity contribution in [2.45, 2.75) is 0 Å². The van der Waals surface area contributed by atoms with Crippen molar-refractivity contribution in [3.8, 4) is 23.1 Å². The SMILES string of the molecule is N#CC(=Cc1ccc(O)cc1)c1nc(-c2ccccc2)cs1. The zero-order valence-corrected chi connectivity index (χ0v) is 12.4. The van der Waals surface area contributed by atoms with E-state index in [-0.39, 0.29) is 5.75 Å². The van der Waals surface area contributed by atoms with E-state index >= 15 is 0 Å². The Morgan fingerprint density at radius 3 is 2.50 bits per heavy atom. The summed E-state index contributed by atoms with van der Waals surface area (Å²) in [5, 5.41) is 21.3. The molecule has 0 aliphatic carbocycles. The van der Waals surface area contributed by atoms with Gasteiger partial charge in [0.2, 0.25) is 0 Å². The third-order valence-corrected chi connectivity index (χ3v) is 4.00. The van der Waals surface area contributed by atoms with Crippen molar-refractivity contribution in [1.29, 1.82) is 5.26 Å². The lowest BCUT2D eigenvalue weighted by Crippen LogP contribution is -1.82. The van der Waals surface area contributed by atoms with Crippen LogP contribution in [0.1, 0.15) is 10.6 Å². The van der Waals surface area contributed by atoms with Crippen LogP contribution in [0.3, 0.4) is 0 Å². The van der Waals surface area contributed by atoms with Crippen molar-refractivity contribution < 1.29 is 5.11 Å². The van der Waals surface area contributed by atoms with Gasteiger partial charge < -0.3 is 5.11 Å². The Hall–Kier alpha value is -2.90. The second-order valence-corrected chi connectivity index (χ2v) is 5.52. The lowest BCUT2D eigenvalue weighted by atomic mass is 10.1. The zero-order valence-electron chi connectivity index (χ0n) is 11.6. The van der Waals surface area contributed by atoms with E-state index < -0.39 is 0 Å². The van der Waals surface area contributed by atoms with Crippen molar-refractivity contribution in [3.63, 3.8) is 0 Å². The number of thiazole rings is 1. The number of phenols is 1. The second-order valence-electron chi connectivity index (χ2n) is 4.67. The fourth-order valence-electron chi connectivity index (χ4n) is 2.02. The standard InChI is InChI=1S/C18H12N2OS/c19-11-15(10-13-6-8-16(21)9-7-13)18-20-17(12-22-18)14-4-2-1-3-5-14/h1-10,12,21H. The summed E-state index contributed by atoms with van der Waals surface area (Å²) in [5.41, 5.74) is 3.27. The summed E-state index contributed by atoms with van der Waals surface area (Å²) >= 11 is 1.45. The summed E-state index contributed by atoms with van der Waals surface area (Å²) in [6.07, 6.45) is 1.77. The van der Waals surface area contributed by atoms with Gasteiger partial charge in [0.25, 0.3) is 0 Å². The minimum Gasteiger partial charge on any atom is -0.508 e. The molecule has 1 N–H and O–H groups in total. The molecule has 0 aliphatic rings. The molecule has 2 aromatic carbocycles. The van der Waals surface area contributed by atoms with E-state index in [0.717, 1.165) is 16.8 Å². The number of hydrogen-bond donors (Lipinski definition) is 1. The average Bonchev–Trinajstić information content (AvgIpc) is 3.05. The number of hydrogen-bond acceptors (Lipinski definition) is 4. The highest BCUT2D eigenvalue weighted by Crippen LogP contribution is 2.27. The maximum absolute atomic E-state index is 9.37. The number of benzene rings is 2. The van der Waals surface area contributed by atoms with Gasteiger partial charge in [-0.25, -0.2) is 4.98 Å². The molecule has 0 aliphatic heterocycles. The topological polar surface area (TPSA) is 56.9 Å². The Kier molecular flexibility index (Phi) is 3.99. The van der Waals surface area contributed by atoms with Crippen LogP contribution < -0.4 is 0 Å². The first-order valence-electron chi connectivity index (χ1n) is 6.68. The first kappa shape index (κ1) is 14.1. The lowest BCUT2D eigenvalue weighted by Gasteiger charge is -1.97. The summed E-state index contributed by atoms with van der Waals surface area (Å²) < 4.78 is 0. The molecule has 4 heteroatoms. The Labute approximate surface area is 132 Å². The molecule has 1 aromatic heterocycles. The van der Waals surface area contributed by atoms with Crippen LogP contribution in [0.2, 0.25) is 0 Å². The van der Waals surface area contributed by atoms with Gasteiger partial charge in [-0.15, -0.1) is 11.3 Å². The highest BCUT2D eigenvalue weighted by molar-refractivity contribution is 7.11. The van der Waals surface area contributed by atoms with Gasteiger partial charge >= 0.3 is 0 Å². The molecule has 0 fully saturated rings. The monoisotopic (exact) mass is 304 g/mol. The largest absolute Gasteiger partial charge is 0.508 e. The van der Waals surface area contributed by atoms with Gasteiger partial charge in [-0.05, 0) is 23.8 Å². The highest BCUT2D eigenvalue weighted by Gasteiger charge is 2.08. The van der Waals surface area contributed by atoms with E-state index in [1.807, 2.05) is 35.7 Å². The molecule has 106 valence electrons. The van der Waals surface area contributed by atoms with Crippen LogP contribution in [0.4, 0.5) is 0 Å². The van der Waals surface area contributed by atoms with E-state index in [2.05, 4.69) is 11.1 Å². The van der Waals surface area contributed by atoms with Gasteiger partial charge in [0, 0.05) is 10.9 Å². The Balaban J connectivity index is 1.94. The van der Waals surface area contributed by atoms with Crippen LogP contribution >= 0.6 is 11.3 Å². The third-order valence-electron chi connectivity index (χ3n) is 3.13. The Morgan fingerprint density at radius 1 is 1.09 bits per heavy atom. The Bertz CT molecular complexity index is 843. The summed E-state index contributed by atoms with van der Waals surface area (Å²) in [4.78, 5) is 4.54. The van der Waals surface area contributed by atoms with Gasteiger partial charge in [0.05, 0.1) is 11.3 Å². The number of aromatic nitrogens is 1. The molecule has 3 nitrogen and oxygen atoms in total. The average molecular weight is 304 g/mol. The molecule has 0 atom stereocenters. The molecule has 0 saturated heterocycles. The Morgan fingerprint density at radius 2 is 1.82 bits per heavy atom. The maximum Gasteiger partial charge on any atom is 0.134 e. The van der Waals surface area contributed by atoms with Crippen LogP contribution in [0.25, 0.3) is 22.9 Å². The molecule has 0 radical (unpaired) electrons. The number of nitriles is 1. The van der Waals surface area contributed by atoms with Gasteiger partial charge in [-0.3, -0.25) is 0 Å². The fraction of sp³-hybridized carbons (Fsp3) is 0. The van der Waals surface area contributed by atoms with Gasteiger partial charge in [0.1, 0.15) is 16.8 Å². The highest BCUT2D eigenvalue weighted by atomic mass is 32.1. The van der Waals surface area contributed by atoms with Crippen molar-refractivity contribution in [3.05, 3.63) is 70.5 Å². The number of allylic oxidation sites excluding steroid dienone is 1. The number of rotatable bonds is 3. The lowest BCUT2D eigenvalue weighted by molar-refractivity contribution is 0.475. The van der Waals surface area contributed by atoms with Crippen LogP contribution in [-0.4, -0.2) is 10.1 Å². The molecule has 22 heavy (non-hydrogen) atoms. The number of aromatic hydroxyl groups is 1. The molecule has 3 rings (SSSR count). The summed E-state index contributed by atoms with van der Waals surface area (Å²) in [6, 6.07) is 18.8. The van der Waals surface area contributed by atoms with E-state index in [4.69, 9.17) is 0 Å². The van der Waals surface area contributed by atoms with Crippen LogP contribution in [0.5, 0.6) is 5.75 Å². The maximum atomic E-state index is 9.37. The molecule has 3 aromatic rings. The number of phenolic OH excluding ortho intramolecular Hbond substituents is 1. The minimum absolute atomic E-state index is 0.205. The first-order chi connectivity index (χ1) is 10.8. The van der Waals surface area contributed by atoms with Crippen LogP contribution in [0.15, 0.2) is 60.0 Å². The molecule has 0 bridgehead atoms. The third kappa shape index (κ3) is 3.05. The predicted molar refractivity (Wildman–Crippen MR) is 89.1 cm³/mol. The molecule has 1 heterocycles. The smallest absolute Gasteiger partial charge is 0.134 e. The predicted octanol–water partition coefficient (Wildman–Crippen LogP) is 4.58. The van der Waals surface area contributed by atoms with E-state index in [1.54, 1.807) is 30.3 Å². The molecular formula is C18H12N2OS. The summed E-state index contributed by atoms with van der Waals surface area (Å²) in [7, 11) is 0. The van der Waals surface area contributed by atoms with Crippen molar-refractivity contribution >= 4 is 23.0 Å². The molecular weight excluding hydrogens is 292 g/mol. The number of nitrogens with zero attached hydrogens (tertiary/aromatic N) is 2. The second kappa shape index (κ2) is 6.25. The molecule has 0 spiro atoms. The normalized spacial score (nSPS) is 11.1. The van der Waals surface area contributed by atoms with Crippen LogP contribution in [-0.2, 0) is 0 Å². The first-order valence-corrected chi connectivity index (χ1v) is 7.56. The van der Waals surface area contributed by atoms with Crippen molar-refractivity contribution in [2.24, 2.45) is 0 Å². The summed E-state index contributed by atoms with van der Waals surface area (Å²) in [5.74, 6) is 0.205.